The molecule has 0 N–H and O–H groups in total. The van der Waals surface area contributed by atoms with Gasteiger partial charge in [-0.3, -0.25) is 4.79 Å². The minimum absolute atomic E-state index is 0.0542. The summed E-state index contributed by atoms with van der Waals surface area (Å²) >= 11 is 0. The summed E-state index contributed by atoms with van der Waals surface area (Å²) < 4.78 is 2.05. The number of rotatable bonds is 4. The topological polar surface area (TPSA) is 20.9 Å². The Bertz CT molecular complexity index is 956. The van der Waals surface area contributed by atoms with Crippen LogP contribution in [0.4, 0.5) is 0 Å². The lowest BCUT2D eigenvalue weighted by atomic mass is 10.0. The van der Waals surface area contributed by atoms with Crippen molar-refractivity contribution in [3.8, 4) is 11.3 Å². The van der Waals surface area contributed by atoms with E-state index in [1.54, 1.807) is 0 Å². The largest absolute Gasteiger partial charge is 0.288 e. The van der Waals surface area contributed by atoms with Gasteiger partial charge < -0.3 is 0 Å². The molecule has 0 aliphatic rings. The highest BCUT2D eigenvalue weighted by Gasteiger charge is 2.20. The monoisotopic (exact) mass is 360 g/mol. The second-order valence-electron chi connectivity index (χ2n) is 7.89. The molecule has 0 spiro atoms. The first-order valence-corrected chi connectivity index (χ1v) is 12.5. The lowest BCUT2D eigenvalue weighted by molar-refractivity contribution is -0.660. The zero-order valence-electron chi connectivity index (χ0n) is 16.2. The molecule has 0 radical (unpaired) electrons. The zero-order valence-corrected chi connectivity index (χ0v) is 17.2. The highest BCUT2D eigenvalue weighted by atomic mass is 28.3. The molecule has 1 aromatic heterocycles. The van der Waals surface area contributed by atoms with Gasteiger partial charge in [0.05, 0.1) is 13.6 Å². The summed E-state index contributed by atoms with van der Waals surface area (Å²) in [6, 6.07) is 20.2. The molecule has 1 heterocycles. The molecule has 0 fully saturated rings. The molecule has 0 amide bonds. The predicted octanol–water partition coefficient (Wildman–Crippen LogP) is 4.26. The molecule has 0 unspecified atom stereocenters. The van der Waals surface area contributed by atoms with Crippen molar-refractivity contribution >= 4 is 19.0 Å². The highest BCUT2D eigenvalue weighted by Crippen LogP contribution is 2.21. The third-order valence-electron chi connectivity index (χ3n) is 4.80. The van der Waals surface area contributed by atoms with Gasteiger partial charge in [0.25, 0.3) is 0 Å². The number of carbonyl (C=O) groups is 1. The maximum Gasteiger partial charge on any atom is 0.212 e. The van der Waals surface area contributed by atoms with Crippen LogP contribution in [0.2, 0.25) is 19.6 Å². The SMILES string of the molecule is Cc1cc([Si](C)(C)C)ccc1-c1ccc(C(=O)c2ccccc2)c[n+]1C. The number of ketones is 1. The average Bonchev–Trinajstić information content (AvgIpc) is 2.61. The molecule has 0 atom stereocenters. The van der Waals surface area contributed by atoms with E-state index < -0.39 is 8.07 Å². The number of aryl methyl sites for hydroxylation is 2. The molecule has 0 bridgehead atoms. The summed E-state index contributed by atoms with van der Waals surface area (Å²) in [7, 11) is 0.688. The Balaban J connectivity index is 1.97. The van der Waals surface area contributed by atoms with E-state index in [-0.39, 0.29) is 5.78 Å². The molecule has 132 valence electrons. The van der Waals surface area contributed by atoms with E-state index in [0.717, 1.165) is 11.3 Å². The zero-order chi connectivity index (χ0) is 18.9. The fourth-order valence-electron chi connectivity index (χ4n) is 3.20. The standard InChI is InChI=1S/C23H26NOSi/c1-17-15-20(26(3,4)5)12-13-21(17)22-14-11-19(16-24(22)2)23(25)18-9-7-6-8-10-18/h6-16H,1-5H3/q+1. The molecule has 3 heteroatoms. The van der Waals surface area contributed by atoms with Crippen LogP contribution in [0.5, 0.6) is 0 Å². The minimum Gasteiger partial charge on any atom is -0.288 e. The Kier molecular flexibility index (Phi) is 4.92. The van der Waals surface area contributed by atoms with Crippen molar-refractivity contribution < 1.29 is 9.36 Å². The van der Waals surface area contributed by atoms with Gasteiger partial charge in [0.15, 0.2) is 12.0 Å². The number of pyridine rings is 1. The molecule has 0 saturated carbocycles. The van der Waals surface area contributed by atoms with Crippen LogP contribution in [0.1, 0.15) is 21.5 Å². The predicted molar refractivity (Wildman–Crippen MR) is 111 cm³/mol. The molecular formula is C23H26NOSi+. The van der Waals surface area contributed by atoms with E-state index in [0.29, 0.717) is 5.56 Å². The van der Waals surface area contributed by atoms with Gasteiger partial charge in [-0.05, 0) is 24.6 Å². The molecular weight excluding hydrogens is 334 g/mol. The maximum absolute atomic E-state index is 12.7. The van der Waals surface area contributed by atoms with Gasteiger partial charge in [-0.25, -0.2) is 4.57 Å². The summed E-state index contributed by atoms with van der Waals surface area (Å²) in [6.07, 6.45) is 1.93. The van der Waals surface area contributed by atoms with Crippen LogP contribution in [0, 0.1) is 6.92 Å². The minimum atomic E-state index is -1.31. The Labute approximate surface area is 157 Å². The van der Waals surface area contributed by atoms with Crippen molar-refractivity contribution in [3.63, 3.8) is 0 Å². The van der Waals surface area contributed by atoms with Crippen LogP contribution in [0.25, 0.3) is 11.3 Å². The van der Waals surface area contributed by atoms with Gasteiger partial charge in [0.2, 0.25) is 5.69 Å². The van der Waals surface area contributed by atoms with Gasteiger partial charge in [0, 0.05) is 17.2 Å². The van der Waals surface area contributed by atoms with Crippen LogP contribution in [0.15, 0.2) is 66.9 Å². The smallest absolute Gasteiger partial charge is 0.212 e. The number of hydrogen-bond donors (Lipinski definition) is 0. The number of hydrogen-bond acceptors (Lipinski definition) is 1. The van der Waals surface area contributed by atoms with E-state index >= 15 is 0 Å². The molecule has 0 saturated heterocycles. The fraction of sp³-hybridized carbons (Fsp3) is 0.217. The van der Waals surface area contributed by atoms with Gasteiger partial charge in [0.1, 0.15) is 7.05 Å². The lowest BCUT2D eigenvalue weighted by Gasteiger charge is -2.18. The normalized spacial score (nSPS) is 11.4. The van der Waals surface area contributed by atoms with Crippen molar-refractivity contribution in [3.05, 3.63) is 83.6 Å². The third-order valence-corrected chi connectivity index (χ3v) is 6.84. The van der Waals surface area contributed by atoms with Crippen LogP contribution in [-0.2, 0) is 7.05 Å². The second-order valence-corrected chi connectivity index (χ2v) is 13.0. The Morgan fingerprint density at radius 1 is 0.885 bits per heavy atom. The van der Waals surface area contributed by atoms with E-state index in [1.165, 1.54) is 16.3 Å². The highest BCUT2D eigenvalue weighted by molar-refractivity contribution is 6.88. The van der Waals surface area contributed by atoms with Crippen LogP contribution >= 0.6 is 0 Å². The van der Waals surface area contributed by atoms with E-state index in [9.17, 15) is 4.79 Å². The van der Waals surface area contributed by atoms with Gasteiger partial charge in [-0.15, -0.1) is 0 Å². The number of carbonyl (C=O) groups excluding carboxylic acids is 1. The van der Waals surface area contributed by atoms with Crippen LogP contribution < -0.4 is 9.75 Å². The van der Waals surface area contributed by atoms with E-state index in [1.807, 2.05) is 60.3 Å². The summed E-state index contributed by atoms with van der Waals surface area (Å²) in [5.74, 6) is 0.0542. The molecule has 2 aromatic carbocycles. The molecule has 0 aliphatic heterocycles. The quantitative estimate of drug-likeness (QED) is 0.387. The second kappa shape index (κ2) is 7.00. The van der Waals surface area contributed by atoms with Crippen LogP contribution in [0.3, 0.4) is 0 Å². The average molecular weight is 361 g/mol. The molecule has 26 heavy (non-hydrogen) atoms. The molecule has 2 nitrogen and oxygen atoms in total. The van der Waals surface area contributed by atoms with Crippen molar-refractivity contribution in [1.29, 1.82) is 0 Å². The summed E-state index contributed by atoms with van der Waals surface area (Å²) in [5.41, 5.74) is 5.04. The van der Waals surface area contributed by atoms with E-state index in [4.69, 9.17) is 0 Å². The van der Waals surface area contributed by atoms with Crippen molar-refractivity contribution in [2.45, 2.75) is 26.6 Å². The summed E-state index contributed by atoms with van der Waals surface area (Å²) in [4.78, 5) is 12.7. The maximum atomic E-state index is 12.7. The van der Waals surface area contributed by atoms with Crippen molar-refractivity contribution in [2.75, 3.05) is 0 Å². The van der Waals surface area contributed by atoms with Gasteiger partial charge in [-0.2, -0.15) is 0 Å². The van der Waals surface area contributed by atoms with Gasteiger partial charge >= 0.3 is 0 Å². The Hall–Kier alpha value is -2.52. The Morgan fingerprint density at radius 2 is 1.58 bits per heavy atom. The Morgan fingerprint density at radius 3 is 2.15 bits per heavy atom. The first kappa shape index (κ1) is 18.3. The first-order chi connectivity index (χ1) is 12.3. The molecule has 3 rings (SSSR count). The van der Waals surface area contributed by atoms with Crippen LogP contribution in [-0.4, -0.2) is 13.9 Å². The first-order valence-electron chi connectivity index (χ1n) is 8.98. The molecule has 3 aromatic rings. The number of aromatic nitrogens is 1. The lowest BCUT2D eigenvalue weighted by Crippen LogP contribution is -2.38. The summed E-state index contributed by atoms with van der Waals surface area (Å²) in [6.45, 7) is 9.27. The van der Waals surface area contributed by atoms with E-state index in [2.05, 4.69) is 44.8 Å². The fourth-order valence-corrected chi connectivity index (χ4v) is 4.43. The number of nitrogens with zero attached hydrogens (tertiary/aromatic N) is 1. The van der Waals surface area contributed by atoms with Crippen molar-refractivity contribution in [2.24, 2.45) is 7.05 Å². The third kappa shape index (κ3) is 3.68. The number of benzene rings is 2. The van der Waals surface area contributed by atoms with Crippen molar-refractivity contribution in [1.82, 2.24) is 0 Å². The molecule has 0 aliphatic carbocycles. The summed E-state index contributed by atoms with van der Waals surface area (Å²) in [5, 5.41) is 1.47. The van der Waals surface area contributed by atoms with Gasteiger partial charge in [-0.1, -0.05) is 67.3 Å².